The van der Waals surface area contributed by atoms with Crippen LogP contribution < -0.4 is 0 Å². The van der Waals surface area contributed by atoms with Crippen molar-refractivity contribution in [3.63, 3.8) is 0 Å². The minimum Gasteiger partial charge on any atom is -0.300 e. The Morgan fingerprint density at radius 3 is 2.33 bits per heavy atom. The average Bonchev–Trinajstić information content (AvgIpc) is 2.33. The number of rotatable bonds is 2. The van der Waals surface area contributed by atoms with Gasteiger partial charge in [0.1, 0.15) is 0 Å². The lowest BCUT2D eigenvalue weighted by Gasteiger charge is -2.36. The molecule has 2 aliphatic heterocycles. The molecule has 70 valence electrons. The normalized spacial score (nSPS) is 42.0. The summed E-state index contributed by atoms with van der Waals surface area (Å²) < 4.78 is 0. The first kappa shape index (κ1) is 8.89. The summed E-state index contributed by atoms with van der Waals surface area (Å²) in [5.74, 6) is 2.41. The van der Waals surface area contributed by atoms with Crippen molar-refractivity contribution >= 4 is 11.8 Å². The first-order valence-electron chi connectivity index (χ1n) is 5.02. The summed E-state index contributed by atoms with van der Waals surface area (Å²) in [6.07, 6.45) is 8.10. The van der Waals surface area contributed by atoms with Crippen LogP contribution in [0.1, 0.15) is 25.7 Å². The number of thioether (sulfide) groups is 1. The molecule has 12 heavy (non-hydrogen) atoms. The van der Waals surface area contributed by atoms with Gasteiger partial charge in [-0.15, -0.1) is 0 Å². The fourth-order valence-corrected chi connectivity index (χ4v) is 3.64. The lowest BCUT2D eigenvalue weighted by Crippen LogP contribution is -2.40. The highest BCUT2D eigenvalue weighted by Gasteiger charge is 2.37. The maximum absolute atomic E-state index is 2.62. The predicted molar refractivity (Wildman–Crippen MR) is 55.7 cm³/mol. The minimum absolute atomic E-state index is 0.931. The van der Waals surface area contributed by atoms with E-state index in [-0.39, 0.29) is 0 Å². The Labute approximate surface area is 79.9 Å². The molecule has 2 fully saturated rings. The molecular formula is C10H19NS. The van der Waals surface area contributed by atoms with Crippen molar-refractivity contribution < 1.29 is 0 Å². The van der Waals surface area contributed by atoms with Gasteiger partial charge in [-0.1, -0.05) is 0 Å². The monoisotopic (exact) mass is 185 g/mol. The third-order valence-corrected chi connectivity index (χ3v) is 4.40. The van der Waals surface area contributed by atoms with Crippen LogP contribution in [-0.4, -0.2) is 36.0 Å². The molecule has 1 nitrogen and oxygen atoms in total. The van der Waals surface area contributed by atoms with Gasteiger partial charge in [0.05, 0.1) is 0 Å². The Morgan fingerprint density at radius 1 is 1.25 bits per heavy atom. The maximum atomic E-state index is 2.62. The molecule has 2 saturated heterocycles. The van der Waals surface area contributed by atoms with E-state index in [1.54, 1.807) is 0 Å². The molecule has 2 heteroatoms. The van der Waals surface area contributed by atoms with Crippen molar-refractivity contribution in [2.45, 2.75) is 37.8 Å². The average molecular weight is 185 g/mol. The summed E-state index contributed by atoms with van der Waals surface area (Å²) in [7, 11) is 2.32. The van der Waals surface area contributed by atoms with Crippen LogP contribution in [0.3, 0.4) is 0 Å². The van der Waals surface area contributed by atoms with E-state index in [9.17, 15) is 0 Å². The van der Waals surface area contributed by atoms with E-state index >= 15 is 0 Å². The highest BCUT2D eigenvalue weighted by Crippen LogP contribution is 2.38. The zero-order valence-corrected chi connectivity index (χ0v) is 8.94. The Bertz CT molecular complexity index is 146. The molecule has 0 aliphatic carbocycles. The second-order valence-electron chi connectivity index (χ2n) is 4.34. The molecule has 0 N–H and O–H groups in total. The van der Waals surface area contributed by atoms with E-state index < -0.39 is 0 Å². The summed E-state index contributed by atoms with van der Waals surface area (Å²) in [5, 5.41) is 0. The van der Waals surface area contributed by atoms with E-state index in [4.69, 9.17) is 0 Å². The van der Waals surface area contributed by atoms with Crippen molar-refractivity contribution in [3.05, 3.63) is 0 Å². The van der Waals surface area contributed by atoms with Gasteiger partial charge in [0.15, 0.2) is 0 Å². The molecule has 2 heterocycles. The van der Waals surface area contributed by atoms with Crippen molar-refractivity contribution in [2.24, 2.45) is 5.92 Å². The number of fused-ring (bicyclic) bond motifs is 2. The molecule has 2 rings (SSSR count). The lowest BCUT2D eigenvalue weighted by molar-refractivity contribution is 0.143. The van der Waals surface area contributed by atoms with Gasteiger partial charge in [-0.05, 0) is 50.7 Å². The topological polar surface area (TPSA) is 3.24 Å². The van der Waals surface area contributed by atoms with Gasteiger partial charge in [0.25, 0.3) is 0 Å². The van der Waals surface area contributed by atoms with E-state index in [0.717, 1.165) is 18.0 Å². The predicted octanol–water partition coefficient (Wildman–Crippen LogP) is 2.22. The fraction of sp³-hybridized carbons (Fsp3) is 1.00. The van der Waals surface area contributed by atoms with Gasteiger partial charge >= 0.3 is 0 Å². The largest absolute Gasteiger partial charge is 0.300 e. The van der Waals surface area contributed by atoms with Crippen molar-refractivity contribution in [1.29, 1.82) is 0 Å². The molecule has 0 spiro atoms. The van der Waals surface area contributed by atoms with Gasteiger partial charge in [-0.3, -0.25) is 0 Å². The van der Waals surface area contributed by atoms with Crippen LogP contribution in [0, 0.1) is 5.92 Å². The van der Waals surface area contributed by atoms with Gasteiger partial charge in [-0.2, -0.15) is 11.8 Å². The molecule has 2 bridgehead atoms. The van der Waals surface area contributed by atoms with Crippen molar-refractivity contribution in [3.8, 4) is 0 Å². The highest BCUT2D eigenvalue weighted by molar-refractivity contribution is 7.98. The lowest BCUT2D eigenvalue weighted by atomic mass is 9.93. The molecule has 0 radical (unpaired) electrons. The molecule has 0 aromatic carbocycles. The smallest absolute Gasteiger partial charge is 0.00986 e. The van der Waals surface area contributed by atoms with Crippen LogP contribution in [0.15, 0.2) is 0 Å². The van der Waals surface area contributed by atoms with Crippen LogP contribution in [0.2, 0.25) is 0 Å². The van der Waals surface area contributed by atoms with Crippen LogP contribution in [-0.2, 0) is 0 Å². The number of piperidine rings is 1. The van der Waals surface area contributed by atoms with Crippen LogP contribution in [0.5, 0.6) is 0 Å². The molecule has 2 unspecified atom stereocenters. The first-order valence-corrected chi connectivity index (χ1v) is 6.41. The quantitative estimate of drug-likeness (QED) is 0.649. The second-order valence-corrected chi connectivity index (χ2v) is 5.25. The molecule has 0 aromatic heterocycles. The van der Waals surface area contributed by atoms with Gasteiger partial charge < -0.3 is 4.90 Å². The highest BCUT2D eigenvalue weighted by atomic mass is 32.2. The summed E-state index contributed by atoms with van der Waals surface area (Å²) in [4.78, 5) is 2.62. The Morgan fingerprint density at radius 2 is 1.83 bits per heavy atom. The first-order chi connectivity index (χ1) is 5.81. The Balaban J connectivity index is 1.93. The Hall–Kier alpha value is 0.310. The maximum Gasteiger partial charge on any atom is 0.00986 e. The molecule has 2 atom stereocenters. The van der Waals surface area contributed by atoms with E-state index in [2.05, 4.69) is 18.2 Å². The van der Waals surface area contributed by atoms with Crippen molar-refractivity contribution in [1.82, 2.24) is 4.90 Å². The number of hydrogen-bond acceptors (Lipinski definition) is 2. The van der Waals surface area contributed by atoms with Crippen LogP contribution >= 0.6 is 11.8 Å². The zero-order valence-electron chi connectivity index (χ0n) is 8.12. The third kappa shape index (κ3) is 1.51. The van der Waals surface area contributed by atoms with Crippen LogP contribution in [0.4, 0.5) is 0 Å². The van der Waals surface area contributed by atoms with Gasteiger partial charge in [-0.25, -0.2) is 0 Å². The molecular weight excluding hydrogens is 166 g/mol. The molecule has 2 aliphatic rings. The zero-order chi connectivity index (χ0) is 8.55. The second kappa shape index (κ2) is 3.59. The summed E-state index contributed by atoms with van der Waals surface area (Å²) in [6, 6.07) is 1.86. The Kier molecular flexibility index (Phi) is 2.66. The summed E-state index contributed by atoms with van der Waals surface area (Å²) >= 11 is 2.02. The summed E-state index contributed by atoms with van der Waals surface area (Å²) in [5.41, 5.74) is 0. The summed E-state index contributed by atoms with van der Waals surface area (Å²) in [6.45, 7) is 0. The van der Waals surface area contributed by atoms with E-state index in [1.807, 2.05) is 11.8 Å². The van der Waals surface area contributed by atoms with E-state index in [0.29, 0.717) is 0 Å². The standard InChI is InChI=1S/C10H19NS/c1-11-9-3-4-10(11)6-8(5-9)7-12-2/h8-10H,3-7H2,1-2H3. The molecule has 0 saturated carbocycles. The van der Waals surface area contributed by atoms with Gasteiger partial charge in [0.2, 0.25) is 0 Å². The van der Waals surface area contributed by atoms with Crippen LogP contribution in [0.25, 0.3) is 0 Å². The third-order valence-electron chi connectivity index (χ3n) is 3.60. The van der Waals surface area contributed by atoms with Crippen molar-refractivity contribution in [2.75, 3.05) is 19.1 Å². The van der Waals surface area contributed by atoms with Gasteiger partial charge in [0, 0.05) is 12.1 Å². The van der Waals surface area contributed by atoms with E-state index in [1.165, 1.54) is 31.4 Å². The molecule has 0 amide bonds. The number of nitrogens with zero attached hydrogens (tertiary/aromatic N) is 1. The SMILES string of the molecule is CSCC1CC2CCC(C1)N2C. The minimum atomic E-state index is 0.931. The fourth-order valence-electron chi connectivity index (χ4n) is 2.90. The number of hydrogen-bond donors (Lipinski definition) is 0. The molecule has 0 aromatic rings.